The van der Waals surface area contributed by atoms with Crippen molar-refractivity contribution >= 4 is 46.2 Å². The van der Waals surface area contributed by atoms with Gasteiger partial charge in [-0.05, 0) is 0 Å². The minimum absolute atomic E-state index is 0.0476. The zero-order valence-electron chi connectivity index (χ0n) is 27.4. The van der Waals surface area contributed by atoms with E-state index in [2.05, 4.69) is 0 Å². The van der Waals surface area contributed by atoms with Crippen molar-refractivity contribution in [1.29, 1.82) is 0 Å². The van der Waals surface area contributed by atoms with Gasteiger partial charge in [0.2, 0.25) is 0 Å². The highest BCUT2D eigenvalue weighted by atomic mass is 28.3. The molecule has 240 valence electrons. The fraction of sp³-hybridized carbons (Fsp3) is 1.00. The summed E-state index contributed by atoms with van der Waals surface area (Å²) in [5.74, 6) is -0.190. The first-order valence-electron chi connectivity index (χ1n) is 15.1. The summed E-state index contributed by atoms with van der Waals surface area (Å²) in [7, 11) is 15.4. The molecule has 0 unspecified atom stereocenters. The molecule has 0 aliphatic carbocycles. The van der Waals surface area contributed by atoms with Gasteiger partial charge in [-0.15, -0.1) is 0 Å². The smallest absolute Gasteiger partial charge is 0.136 e. The van der Waals surface area contributed by atoms with Gasteiger partial charge >= 0.3 is 0 Å². The van der Waals surface area contributed by atoms with Crippen molar-refractivity contribution in [3.63, 3.8) is 0 Å². The van der Waals surface area contributed by atoms with Crippen LogP contribution in [0.15, 0.2) is 0 Å². The van der Waals surface area contributed by atoms with E-state index < -0.39 is 8.07 Å². The molecule has 0 N–H and O–H groups in total. The standard InChI is InChI=1S/C28H60O8Si5/c1-29-25(30-2)37-17-9-13-21-41(22-14-10-18-38-26(31-3)32-4,23-15-11-19-39-27(33-5)34-6)24-16-12-20-40-28(35-7)36-8/h25-28H,9-24H2,1-8H3. The fourth-order valence-corrected chi connectivity index (χ4v) is 14.8. The molecule has 0 rings (SSSR count). The maximum atomic E-state index is 5.42. The third kappa shape index (κ3) is 22.0. The molecule has 0 spiro atoms. The van der Waals surface area contributed by atoms with Crippen molar-refractivity contribution in [3.8, 4) is 0 Å². The Bertz CT molecular complexity index is 446. The van der Waals surface area contributed by atoms with Gasteiger partial charge in [-0.1, -0.05) is 99.7 Å². The topological polar surface area (TPSA) is 73.8 Å². The van der Waals surface area contributed by atoms with Gasteiger partial charge in [0, 0.05) is 56.9 Å². The first-order valence-corrected chi connectivity index (χ1v) is 23.1. The van der Waals surface area contributed by atoms with E-state index in [1.54, 1.807) is 56.9 Å². The second kappa shape index (κ2) is 29.5. The highest BCUT2D eigenvalue weighted by molar-refractivity contribution is 6.79. The lowest BCUT2D eigenvalue weighted by molar-refractivity contribution is -0.0442. The Hall–Kier alpha value is 0.764. The van der Waals surface area contributed by atoms with Gasteiger partial charge in [0.05, 0.1) is 8.07 Å². The predicted octanol–water partition coefficient (Wildman–Crippen LogP) is 5.35. The van der Waals surface area contributed by atoms with Crippen LogP contribution in [0.2, 0.25) is 48.4 Å². The second-order valence-corrected chi connectivity index (χ2v) is 20.9. The van der Waals surface area contributed by atoms with Crippen LogP contribution in [0.1, 0.15) is 51.4 Å². The summed E-state index contributed by atoms with van der Waals surface area (Å²) in [5.41, 5.74) is 0. The Labute approximate surface area is 263 Å². The number of hydrogen-bond donors (Lipinski definition) is 0. The first-order chi connectivity index (χ1) is 20.0. The maximum absolute atomic E-state index is 5.42. The summed E-state index contributed by atoms with van der Waals surface area (Å²) in [4.78, 5) is 0. The lowest BCUT2D eigenvalue weighted by Gasteiger charge is -2.33. The summed E-state index contributed by atoms with van der Waals surface area (Å²) in [6, 6.07) is 10.6. The minimum Gasteiger partial charge on any atom is -0.360 e. The Morgan fingerprint density at radius 3 is 0.707 bits per heavy atom. The van der Waals surface area contributed by atoms with Crippen LogP contribution in [0.25, 0.3) is 0 Å². The third-order valence-electron chi connectivity index (χ3n) is 7.49. The summed E-state index contributed by atoms with van der Waals surface area (Å²) in [6.45, 7) is 0. The molecule has 13 heteroatoms. The van der Waals surface area contributed by atoms with Gasteiger partial charge in [0.25, 0.3) is 0 Å². The van der Waals surface area contributed by atoms with Gasteiger partial charge in [0.1, 0.15) is 61.7 Å². The van der Waals surface area contributed by atoms with E-state index in [4.69, 9.17) is 37.9 Å². The molecule has 0 aromatic carbocycles. The molecule has 0 fully saturated rings. The molecular formula is C28H60O8Si5. The molecule has 0 aromatic rings. The molecule has 0 saturated heterocycles. The molecule has 0 aliphatic rings. The van der Waals surface area contributed by atoms with Crippen LogP contribution in [0.4, 0.5) is 0 Å². The van der Waals surface area contributed by atoms with E-state index in [0.717, 1.165) is 0 Å². The molecule has 0 saturated carbocycles. The van der Waals surface area contributed by atoms with Crippen molar-refractivity contribution in [2.75, 3.05) is 56.9 Å². The molecule has 0 bridgehead atoms. The van der Waals surface area contributed by atoms with Crippen LogP contribution in [0, 0.1) is 0 Å². The molecule has 0 heterocycles. The molecular weight excluding hydrogens is 605 g/mol. The molecule has 41 heavy (non-hydrogen) atoms. The van der Waals surface area contributed by atoms with Gasteiger partial charge in [-0.3, -0.25) is 0 Å². The number of hydrogen-bond acceptors (Lipinski definition) is 8. The number of rotatable bonds is 32. The Morgan fingerprint density at radius 1 is 0.341 bits per heavy atom. The summed E-state index contributed by atoms with van der Waals surface area (Å²) >= 11 is 0. The molecule has 0 amide bonds. The lowest BCUT2D eigenvalue weighted by Crippen LogP contribution is -2.34. The second-order valence-electron chi connectivity index (χ2n) is 10.4. The van der Waals surface area contributed by atoms with E-state index in [9.17, 15) is 0 Å². The number of methoxy groups -OCH3 is 8. The molecule has 0 aliphatic heterocycles. The van der Waals surface area contributed by atoms with Gasteiger partial charge in [-0.25, -0.2) is 0 Å². The van der Waals surface area contributed by atoms with Crippen LogP contribution >= 0.6 is 0 Å². The predicted molar refractivity (Wildman–Crippen MR) is 175 cm³/mol. The van der Waals surface area contributed by atoms with Crippen molar-refractivity contribution < 1.29 is 37.9 Å². The van der Waals surface area contributed by atoms with E-state index >= 15 is 0 Å². The lowest BCUT2D eigenvalue weighted by atomic mass is 10.4. The van der Waals surface area contributed by atoms with Crippen LogP contribution in [0.3, 0.4) is 0 Å². The van der Waals surface area contributed by atoms with Crippen LogP contribution in [0.5, 0.6) is 0 Å². The van der Waals surface area contributed by atoms with Gasteiger partial charge in [-0.2, -0.15) is 0 Å². The highest BCUT2D eigenvalue weighted by Gasteiger charge is 2.31. The highest BCUT2D eigenvalue weighted by Crippen LogP contribution is 2.35. The first kappa shape index (κ1) is 41.8. The molecule has 8 nitrogen and oxygen atoms in total. The van der Waals surface area contributed by atoms with Crippen LogP contribution in [-0.4, -0.2) is 127 Å². The largest absolute Gasteiger partial charge is 0.360 e. The zero-order valence-corrected chi connectivity index (χ0v) is 32.4. The summed E-state index contributed by atoms with van der Waals surface area (Å²) in [6.07, 6.45) is 10.5. The van der Waals surface area contributed by atoms with E-state index in [-0.39, 0.29) is 23.7 Å². The van der Waals surface area contributed by atoms with Crippen molar-refractivity contribution in [3.05, 3.63) is 0 Å². The normalized spacial score (nSPS) is 12.6. The fourth-order valence-electron chi connectivity index (χ4n) is 5.18. The third-order valence-corrected chi connectivity index (χ3v) is 18.9. The quantitative estimate of drug-likeness (QED) is 0.0542. The minimum atomic E-state index is -1.41. The van der Waals surface area contributed by atoms with Crippen LogP contribution in [-0.2, 0) is 37.9 Å². The maximum Gasteiger partial charge on any atom is 0.136 e. The van der Waals surface area contributed by atoms with Crippen LogP contribution < -0.4 is 0 Å². The molecule has 8 radical (unpaired) electrons. The SMILES string of the molecule is COC(OC)[Si]CCCC[Si](CCCC[Si]C(OC)OC)(CCCC[Si]C(OC)OC)CCCC[Si]C(OC)OC. The number of ether oxygens (including phenoxy) is 8. The Balaban J connectivity index is 5.19. The van der Waals surface area contributed by atoms with Crippen molar-refractivity contribution in [1.82, 2.24) is 0 Å². The van der Waals surface area contributed by atoms with Gasteiger partial charge < -0.3 is 37.9 Å². The van der Waals surface area contributed by atoms with E-state index in [1.165, 1.54) is 99.7 Å². The van der Waals surface area contributed by atoms with Gasteiger partial charge in [0.15, 0.2) is 0 Å². The zero-order chi connectivity index (χ0) is 30.6. The number of unbranched alkanes of at least 4 members (excludes halogenated alkanes) is 4. The average Bonchev–Trinajstić information content (AvgIpc) is 3.00. The van der Waals surface area contributed by atoms with E-state index in [0.29, 0.717) is 38.1 Å². The summed E-state index contributed by atoms with van der Waals surface area (Å²) < 4.78 is 43.4. The Morgan fingerprint density at radius 2 is 0.537 bits per heavy atom. The van der Waals surface area contributed by atoms with Crippen molar-refractivity contribution in [2.45, 2.75) is 123 Å². The molecule has 0 atom stereocenters. The van der Waals surface area contributed by atoms with Crippen molar-refractivity contribution in [2.24, 2.45) is 0 Å². The monoisotopic (exact) mass is 664 g/mol. The van der Waals surface area contributed by atoms with E-state index in [1.807, 2.05) is 0 Å². The Kier molecular flexibility index (Phi) is 30.0. The molecule has 0 aromatic heterocycles. The average molecular weight is 665 g/mol. The summed E-state index contributed by atoms with van der Waals surface area (Å²) in [5, 5.41) is 0.